The van der Waals surface area contributed by atoms with Crippen LogP contribution in [0.25, 0.3) is 60.6 Å². The molecule has 0 atom stereocenters. The van der Waals surface area contributed by atoms with Crippen LogP contribution in [-0.4, -0.2) is 4.57 Å². The van der Waals surface area contributed by atoms with Crippen LogP contribution < -0.4 is 17.4 Å². The van der Waals surface area contributed by atoms with Gasteiger partial charge in [-0.05, 0) is 65.1 Å². The lowest BCUT2D eigenvalue weighted by Gasteiger charge is -2.09. The first-order chi connectivity index (χ1) is 24.3. The molecule has 0 bridgehead atoms. The Kier molecular flexibility index (Phi) is 9.30. The number of rotatable bonds is 5. The molecule has 5 nitrogen and oxygen atoms in total. The zero-order valence-corrected chi connectivity index (χ0v) is 27.2. The van der Waals surface area contributed by atoms with Gasteiger partial charge in [0.15, 0.2) is 0 Å². The van der Waals surface area contributed by atoms with Crippen molar-refractivity contribution < 1.29 is 4.42 Å². The fourth-order valence-corrected chi connectivity index (χ4v) is 6.63. The van der Waals surface area contributed by atoms with Gasteiger partial charge >= 0.3 is 0 Å². The van der Waals surface area contributed by atoms with Gasteiger partial charge < -0.3 is 14.7 Å². The smallest absolute Gasteiger partial charge is 0.139 e. The van der Waals surface area contributed by atoms with Gasteiger partial charge in [-0.1, -0.05) is 133 Å². The van der Waals surface area contributed by atoms with Crippen LogP contribution in [0.4, 0.5) is 0 Å². The Morgan fingerprint density at radius 3 is 1.73 bits per heavy atom. The third-order valence-electron chi connectivity index (χ3n) is 8.91. The van der Waals surface area contributed by atoms with Crippen molar-refractivity contribution in [2.75, 3.05) is 0 Å². The van der Waals surface area contributed by atoms with Gasteiger partial charge in [-0.15, -0.1) is 0 Å². The van der Waals surface area contributed by atoms with Crippen LogP contribution in [0.3, 0.4) is 0 Å². The van der Waals surface area contributed by atoms with Gasteiger partial charge in [-0.25, -0.2) is 0 Å². The summed E-state index contributed by atoms with van der Waals surface area (Å²) in [7, 11) is 0. The van der Waals surface area contributed by atoms with E-state index in [9.17, 15) is 0 Å². The molecule has 0 aliphatic rings. The number of hydrogen-bond acceptors (Lipinski definition) is 4. The molecule has 0 spiro atoms. The molecule has 5 heteroatoms. The number of nitrogens with two attached hydrogens (primary N) is 3. The molecular formula is C44H38N4O. The van der Waals surface area contributed by atoms with Gasteiger partial charge in [0, 0.05) is 39.3 Å². The molecule has 7 aromatic carbocycles. The standard InChI is InChI=1S/C31H22N2O.C13H12.H4N2/c32-19-22-7-6-11-26-27-17-20(14-16-30(27)34-31(22)26)21-13-15-25-24-10-4-5-12-28(24)33(29(25)18-21)23-8-2-1-3-9-23;1-3-7-12(8-4-1)11-13-9-5-2-6-10-13;1-2/h1-18H,19,32H2;1-10H,11H2;1-2H2. The van der Waals surface area contributed by atoms with Crippen molar-refractivity contribution in [3.8, 4) is 16.8 Å². The third kappa shape index (κ3) is 6.34. The molecule has 49 heavy (non-hydrogen) atoms. The number of nitrogens with zero attached hydrogens (tertiary/aromatic N) is 1. The second-order valence-corrected chi connectivity index (χ2v) is 11.9. The number of hydrogen-bond donors (Lipinski definition) is 3. The van der Waals surface area contributed by atoms with Gasteiger partial charge in [0.25, 0.3) is 0 Å². The van der Waals surface area contributed by atoms with Crippen molar-refractivity contribution in [2.45, 2.75) is 13.0 Å². The first kappa shape index (κ1) is 31.6. The van der Waals surface area contributed by atoms with Crippen molar-refractivity contribution in [1.29, 1.82) is 0 Å². The zero-order valence-electron chi connectivity index (χ0n) is 27.2. The van der Waals surface area contributed by atoms with Gasteiger partial charge in [-0.2, -0.15) is 0 Å². The average molecular weight is 639 g/mol. The largest absolute Gasteiger partial charge is 0.456 e. The second-order valence-electron chi connectivity index (χ2n) is 11.9. The molecule has 0 aliphatic carbocycles. The molecule has 0 amide bonds. The summed E-state index contributed by atoms with van der Waals surface area (Å²) < 4.78 is 8.52. The molecule has 0 fully saturated rings. The van der Waals surface area contributed by atoms with E-state index in [1.807, 2.05) is 6.07 Å². The van der Waals surface area contributed by atoms with E-state index >= 15 is 0 Å². The SMILES string of the molecule is NCc1cccc2c1oc1ccc(-c3ccc4c5ccccc5n(-c5ccccc5)c4c3)cc12.NN.c1ccc(Cc2ccccc2)cc1. The lowest BCUT2D eigenvalue weighted by atomic mass is 10.0. The van der Waals surface area contributed by atoms with Crippen LogP contribution in [0.5, 0.6) is 0 Å². The fraction of sp³-hybridized carbons (Fsp3) is 0.0455. The molecule has 0 saturated carbocycles. The Hall–Kier alpha value is -5.98. The van der Waals surface area contributed by atoms with Gasteiger partial charge in [0.05, 0.1) is 11.0 Å². The summed E-state index contributed by atoms with van der Waals surface area (Å²) >= 11 is 0. The third-order valence-corrected chi connectivity index (χ3v) is 8.91. The maximum atomic E-state index is 6.17. The molecule has 240 valence electrons. The number of fused-ring (bicyclic) bond motifs is 6. The predicted molar refractivity (Wildman–Crippen MR) is 205 cm³/mol. The fourth-order valence-electron chi connectivity index (χ4n) is 6.63. The normalized spacial score (nSPS) is 10.9. The summed E-state index contributed by atoms with van der Waals surface area (Å²) in [4.78, 5) is 0. The highest BCUT2D eigenvalue weighted by atomic mass is 16.3. The summed E-state index contributed by atoms with van der Waals surface area (Å²) in [6, 6.07) is 59.7. The molecular weight excluding hydrogens is 601 g/mol. The van der Waals surface area contributed by atoms with Crippen molar-refractivity contribution in [3.05, 3.63) is 187 Å². The second kappa shape index (κ2) is 14.4. The summed E-state index contributed by atoms with van der Waals surface area (Å²) in [6.07, 6.45) is 1.03. The summed E-state index contributed by atoms with van der Waals surface area (Å²) in [5.74, 6) is 8.00. The monoisotopic (exact) mass is 638 g/mol. The van der Waals surface area contributed by atoms with Crippen molar-refractivity contribution in [3.63, 3.8) is 0 Å². The Bertz CT molecular complexity index is 2430. The van der Waals surface area contributed by atoms with E-state index in [2.05, 4.69) is 180 Å². The molecule has 9 aromatic rings. The minimum absolute atomic E-state index is 0.463. The molecule has 6 N–H and O–H groups in total. The minimum Gasteiger partial charge on any atom is -0.456 e. The Balaban J connectivity index is 0.000000212. The van der Waals surface area contributed by atoms with E-state index in [1.54, 1.807) is 0 Å². The van der Waals surface area contributed by atoms with E-state index < -0.39 is 0 Å². The van der Waals surface area contributed by atoms with Crippen LogP contribution in [-0.2, 0) is 13.0 Å². The molecule has 0 radical (unpaired) electrons. The van der Waals surface area contributed by atoms with Crippen molar-refractivity contribution >= 4 is 43.7 Å². The Labute approximate surface area is 285 Å². The van der Waals surface area contributed by atoms with E-state index in [4.69, 9.17) is 10.2 Å². The van der Waals surface area contributed by atoms with Crippen molar-refractivity contribution in [1.82, 2.24) is 4.57 Å². The first-order valence-corrected chi connectivity index (χ1v) is 16.4. The topological polar surface area (TPSA) is 96.1 Å². The summed E-state index contributed by atoms with van der Waals surface area (Å²) in [5, 5.41) is 4.75. The lowest BCUT2D eigenvalue weighted by molar-refractivity contribution is 0.663. The number of hydrazine groups is 1. The highest BCUT2D eigenvalue weighted by molar-refractivity contribution is 6.11. The van der Waals surface area contributed by atoms with Gasteiger partial charge in [0.2, 0.25) is 0 Å². The lowest BCUT2D eigenvalue weighted by Crippen LogP contribution is -2.02. The minimum atomic E-state index is 0.463. The quantitative estimate of drug-likeness (QED) is 0.129. The van der Waals surface area contributed by atoms with Crippen LogP contribution in [0.15, 0.2) is 174 Å². The number of benzene rings is 7. The highest BCUT2D eigenvalue weighted by Gasteiger charge is 2.15. The molecule has 0 unspecified atom stereocenters. The van der Waals surface area contributed by atoms with E-state index in [1.165, 1.54) is 44.1 Å². The molecule has 0 saturated heterocycles. The summed E-state index contributed by atoms with van der Waals surface area (Å²) in [5.41, 5.74) is 17.4. The van der Waals surface area contributed by atoms with Gasteiger partial charge in [0.1, 0.15) is 11.2 Å². The van der Waals surface area contributed by atoms with Crippen LogP contribution in [0.1, 0.15) is 16.7 Å². The molecule has 0 aliphatic heterocycles. The maximum Gasteiger partial charge on any atom is 0.139 e. The van der Waals surface area contributed by atoms with Crippen LogP contribution >= 0.6 is 0 Å². The zero-order chi connectivity index (χ0) is 33.6. The molecule has 2 aromatic heterocycles. The Morgan fingerprint density at radius 2 is 1.04 bits per heavy atom. The molecule has 2 heterocycles. The van der Waals surface area contributed by atoms with Gasteiger partial charge in [-0.3, -0.25) is 11.7 Å². The van der Waals surface area contributed by atoms with Crippen molar-refractivity contribution in [2.24, 2.45) is 17.4 Å². The maximum absolute atomic E-state index is 6.17. The van der Waals surface area contributed by atoms with Crippen LogP contribution in [0.2, 0.25) is 0 Å². The number of para-hydroxylation sites is 3. The highest BCUT2D eigenvalue weighted by Crippen LogP contribution is 2.37. The molecule has 9 rings (SSSR count). The van der Waals surface area contributed by atoms with E-state index in [-0.39, 0.29) is 0 Å². The Morgan fingerprint density at radius 1 is 0.469 bits per heavy atom. The average Bonchev–Trinajstić information content (AvgIpc) is 3.72. The first-order valence-electron chi connectivity index (χ1n) is 16.4. The summed E-state index contributed by atoms with van der Waals surface area (Å²) in [6.45, 7) is 0.463. The predicted octanol–water partition coefficient (Wildman–Crippen LogP) is 9.90. The number of furan rings is 1. The van der Waals surface area contributed by atoms with E-state index in [0.717, 1.165) is 39.6 Å². The van der Waals surface area contributed by atoms with Crippen LogP contribution in [0, 0.1) is 0 Å². The number of aromatic nitrogens is 1. The van der Waals surface area contributed by atoms with E-state index in [0.29, 0.717) is 6.54 Å².